The highest BCUT2D eigenvalue weighted by Gasteiger charge is 2.34. The molecular weight excluding hydrogens is 491 g/mol. The van der Waals surface area contributed by atoms with Gasteiger partial charge in [0.1, 0.15) is 5.71 Å². The third-order valence-corrected chi connectivity index (χ3v) is 7.20. The highest BCUT2D eigenvalue weighted by Crippen LogP contribution is 2.44. The number of hydrogen-bond donors (Lipinski definition) is 1. The van der Waals surface area contributed by atoms with E-state index in [1.165, 1.54) is 11.3 Å². The molecule has 0 fully saturated rings. The summed E-state index contributed by atoms with van der Waals surface area (Å²) < 4.78 is 1.86. The molecule has 3 rings (SSSR count). The van der Waals surface area contributed by atoms with Crippen LogP contribution in [0.15, 0.2) is 37.6 Å². The Hall–Kier alpha value is -0.600. The molecule has 0 bridgehead atoms. The molecule has 0 aliphatic carbocycles. The van der Waals surface area contributed by atoms with E-state index in [1.807, 2.05) is 6.07 Å². The van der Waals surface area contributed by atoms with Gasteiger partial charge in [0, 0.05) is 20.8 Å². The Morgan fingerprint density at radius 2 is 2.09 bits per heavy atom. The zero-order chi connectivity index (χ0) is 16.7. The molecule has 0 saturated heterocycles. The van der Waals surface area contributed by atoms with Crippen molar-refractivity contribution in [2.24, 2.45) is 5.10 Å². The molecule has 1 aromatic carbocycles. The average Bonchev–Trinajstić information content (AvgIpc) is 3.04. The second kappa shape index (κ2) is 6.72. The fraction of sp³-hybridized carbons (Fsp3) is 0.143. The van der Waals surface area contributed by atoms with Crippen LogP contribution < -0.4 is 5.01 Å². The number of nitrogens with zero attached hydrogens (tertiary/aromatic N) is 2. The first-order chi connectivity index (χ1) is 10.9. The van der Waals surface area contributed by atoms with Crippen LogP contribution >= 0.6 is 66.4 Å². The van der Waals surface area contributed by atoms with Crippen molar-refractivity contribution in [3.8, 4) is 0 Å². The third-order valence-electron chi connectivity index (χ3n) is 3.31. The van der Waals surface area contributed by atoms with Gasteiger partial charge in [0.25, 0.3) is 0 Å². The third kappa shape index (κ3) is 3.44. The van der Waals surface area contributed by atoms with E-state index in [-0.39, 0.29) is 11.8 Å². The number of carboxylic acids is 1. The maximum atomic E-state index is 11.3. The lowest BCUT2D eigenvalue weighted by Gasteiger charge is -2.23. The number of carbonyl (C=O) groups is 1. The fourth-order valence-electron chi connectivity index (χ4n) is 2.28. The molecule has 120 valence electrons. The number of anilines is 1. The zero-order valence-corrected chi connectivity index (χ0v) is 16.8. The van der Waals surface area contributed by atoms with Crippen LogP contribution in [-0.4, -0.2) is 16.8 Å². The van der Waals surface area contributed by atoms with Crippen LogP contribution in [-0.2, 0) is 4.79 Å². The van der Waals surface area contributed by atoms with Crippen LogP contribution in [0.25, 0.3) is 0 Å². The van der Waals surface area contributed by atoms with E-state index in [2.05, 4.69) is 37.0 Å². The molecule has 1 atom stereocenters. The molecule has 1 aliphatic heterocycles. The number of halogens is 4. The summed E-state index contributed by atoms with van der Waals surface area (Å²) in [4.78, 5) is 12.3. The first kappa shape index (κ1) is 17.2. The summed E-state index contributed by atoms with van der Waals surface area (Å²) >= 11 is 20.6. The topological polar surface area (TPSA) is 52.9 Å². The van der Waals surface area contributed by atoms with Crippen molar-refractivity contribution >= 4 is 83.8 Å². The largest absolute Gasteiger partial charge is 0.477 e. The van der Waals surface area contributed by atoms with Crippen molar-refractivity contribution in [1.82, 2.24) is 0 Å². The second-order valence-electron chi connectivity index (χ2n) is 4.78. The molecule has 0 saturated carbocycles. The number of benzene rings is 1. The maximum absolute atomic E-state index is 11.3. The van der Waals surface area contributed by atoms with Crippen molar-refractivity contribution in [3.05, 3.63) is 47.4 Å². The van der Waals surface area contributed by atoms with Crippen molar-refractivity contribution in [1.29, 1.82) is 0 Å². The number of carboxylic acid groups (broad SMARTS) is 1. The van der Waals surface area contributed by atoms with Gasteiger partial charge in [-0.25, -0.2) is 4.79 Å². The predicted octanol–water partition coefficient (Wildman–Crippen LogP) is 5.97. The van der Waals surface area contributed by atoms with E-state index in [4.69, 9.17) is 23.2 Å². The molecule has 2 aromatic rings. The lowest BCUT2D eigenvalue weighted by atomic mass is 10.1. The molecule has 9 heteroatoms. The number of hydrazone groups is 1. The van der Waals surface area contributed by atoms with E-state index in [0.29, 0.717) is 22.2 Å². The Morgan fingerprint density at radius 1 is 1.35 bits per heavy atom. The summed E-state index contributed by atoms with van der Waals surface area (Å²) in [5, 5.41) is 16.1. The number of thiophene rings is 1. The van der Waals surface area contributed by atoms with Gasteiger partial charge in [-0.1, -0.05) is 23.2 Å². The number of hydrogen-bond acceptors (Lipinski definition) is 4. The Balaban J connectivity index is 2.06. The van der Waals surface area contributed by atoms with E-state index in [9.17, 15) is 9.90 Å². The second-order valence-corrected chi connectivity index (χ2v) is 8.88. The van der Waals surface area contributed by atoms with E-state index in [1.54, 1.807) is 23.2 Å². The van der Waals surface area contributed by atoms with Gasteiger partial charge < -0.3 is 5.11 Å². The maximum Gasteiger partial charge on any atom is 0.352 e. The summed E-state index contributed by atoms with van der Waals surface area (Å²) in [6.07, 6.45) is 0.299. The lowest BCUT2D eigenvalue weighted by Crippen LogP contribution is -2.18. The molecule has 1 N–H and O–H groups in total. The smallest absolute Gasteiger partial charge is 0.352 e. The molecule has 1 aliphatic rings. The van der Waals surface area contributed by atoms with Crippen LogP contribution in [0.3, 0.4) is 0 Å². The molecular formula is C14H8Br2Cl2N2O2S. The molecule has 0 spiro atoms. The Bertz CT molecular complexity index is 806. The average molecular weight is 499 g/mol. The quantitative estimate of drug-likeness (QED) is 0.567. The van der Waals surface area contributed by atoms with E-state index >= 15 is 0 Å². The standard InChI is InChI=1S/C14H8Br2Cl2N2O2S/c15-7-4-12(23-13(7)16)11-5-9(14(21)22)19-20(11)10-2-1-6(17)3-8(10)18/h1-4,11H,5H2,(H,21,22). The van der Waals surface area contributed by atoms with Crippen LogP contribution in [0.2, 0.25) is 10.0 Å². The molecule has 4 nitrogen and oxygen atoms in total. The minimum absolute atomic E-state index is 0.0988. The monoisotopic (exact) mass is 496 g/mol. The minimum Gasteiger partial charge on any atom is -0.477 e. The molecule has 1 aromatic heterocycles. The van der Waals surface area contributed by atoms with E-state index < -0.39 is 5.97 Å². The lowest BCUT2D eigenvalue weighted by molar-refractivity contribution is -0.129. The highest BCUT2D eigenvalue weighted by molar-refractivity contribution is 9.13. The summed E-state index contributed by atoms with van der Waals surface area (Å²) in [7, 11) is 0. The Kier molecular flexibility index (Phi) is 5.04. The van der Waals surface area contributed by atoms with Crippen molar-refractivity contribution < 1.29 is 9.90 Å². The molecule has 0 radical (unpaired) electrons. The minimum atomic E-state index is -1.03. The van der Waals surface area contributed by atoms with Crippen molar-refractivity contribution in [2.45, 2.75) is 12.5 Å². The first-order valence-corrected chi connectivity index (χ1v) is 9.52. The summed E-state index contributed by atoms with van der Waals surface area (Å²) in [6.45, 7) is 0. The van der Waals surface area contributed by atoms with Gasteiger partial charge in [0.05, 0.1) is 20.5 Å². The van der Waals surface area contributed by atoms with Gasteiger partial charge in [0.15, 0.2) is 0 Å². The fourth-order valence-corrected chi connectivity index (χ4v) is 4.95. The van der Waals surface area contributed by atoms with Gasteiger partial charge in [-0.15, -0.1) is 11.3 Å². The van der Waals surface area contributed by atoms with Crippen molar-refractivity contribution in [2.75, 3.05) is 5.01 Å². The van der Waals surface area contributed by atoms with Gasteiger partial charge in [-0.05, 0) is 56.1 Å². The summed E-state index contributed by atoms with van der Waals surface area (Å²) in [6, 6.07) is 6.78. The molecule has 2 heterocycles. The molecule has 0 amide bonds. The van der Waals surface area contributed by atoms with Crippen LogP contribution in [0.5, 0.6) is 0 Å². The molecule has 23 heavy (non-hydrogen) atoms. The zero-order valence-electron chi connectivity index (χ0n) is 11.3. The van der Waals surface area contributed by atoms with Gasteiger partial charge in [-0.3, -0.25) is 5.01 Å². The van der Waals surface area contributed by atoms with E-state index in [0.717, 1.165) is 13.1 Å². The highest BCUT2D eigenvalue weighted by atomic mass is 79.9. The summed E-state index contributed by atoms with van der Waals surface area (Å²) in [5.41, 5.74) is 0.722. The SMILES string of the molecule is O=C(O)C1=NN(c2ccc(Cl)cc2Cl)C(c2cc(Br)c(Br)s2)C1. The normalized spacial score (nSPS) is 17.5. The number of aliphatic carboxylic acids is 1. The van der Waals surface area contributed by atoms with Gasteiger partial charge in [-0.2, -0.15) is 5.10 Å². The van der Waals surface area contributed by atoms with Gasteiger partial charge in [0.2, 0.25) is 0 Å². The first-order valence-electron chi connectivity index (χ1n) is 6.36. The Labute approximate surface area is 163 Å². The number of rotatable bonds is 3. The van der Waals surface area contributed by atoms with Crippen LogP contribution in [0.4, 0.5) is 5.69 Å². The Morgan fingerprint density at radius 3 is 2.65 bits per heavy atom. The molecule has 1 unspecified atom stereocenters. The van der Waals surface area contributed by atoms with Crippen LogP contribution in [0, 0.1) is 0 Å². The van der Waals surface area contributed by atoms with Gasteiger partial charge >= 0.3 is 5.97 Å². The van der Waals surface area contributed by atoms with Crippen LogP contribution in [0.1, 0.15) is 17.3 Å². The summed E-state index contributed by atoms with van der Waals surface area (Å²) in [5.74, 6) is -1.03. The predicted molar refractivity (Wildman–Crippen MR) is 101 cm³/mol. The van der Waals surface area contributed by atoms with Crippen molar-refractivity contribution in [3.63, 3.8) is 0 Å².